The van der Waals surface area contributed by atoms with Crippen molar-refractivity contribution in [1.29, 1.82) is 0 Å². The van der Waals surface area contributed by atoms with E-state index in [0.717, 1.165) is 0 Å². The Labute approximate surface area is 88.0 Å². The van der Waals surface area contributed by atoms with Gasteiger partial charge in [0.25, 0.3) is 0 Å². The van der Waals surface area contributed by atoms with Gasteiger partial charge >= 0.3 is 0 Å². The number of sulfone groups is 1. The molecule has 0 aliphatic heterocycles. The number of halogens is 1. The van der Waals surface area contributed by atoms with E-state index in [-0.39, 0.29) is 11.6 Å². The van der Waals surface area contributed by atoms with Crippen LogP contribution in [0.5, 0.6) is 0 Å². The first-order valence-corrected chi connectivity index (χ1v) is 6.72. The summed E-state index contributed by atoms with van der Waals surface area (Å²) in [5.74, 6) is 1.20. The summed E-state index contributed by atoms with van der Waals surface area (Å²) in [6, 6.07) is 0. The lowest BCUT2D eigenvalue weighted by atomic mass is 10.5. The minimum atomic E-state index is -3.07. The van der Waals surface area contributed by atoms with Gasteiger partial charge in [0.1, 0.15) is 17.4 Å². The van der Waals surface area contributed by atoms with Crippen molar-refractivity contribution in [2.75, 3.05) is 6.26 Å². The summed E-state index contributed by atoms with van der Waals surface area (Å²) in [5.41, 5.74) is 0. The van der Waals surface area contributed by atoms with Crippen molar-refractivity contribution in [3.05, 3.63) is 11.6 Å². The van der Waals surface area contributed by atoms with Crippen molar-refractivity contribution in [2.45, 2.75) is 25.1 Å². The third kappa shape index (κ3) is 2.68. The highest BCUT2D eigenvalue weighted by Crippen LogP contribution is 2.07. The summed E-state index contributed by atoms with van der Waals surface area (Å²) in [6.07, 6.45) is 1.17. The van der Waals surface area contributed by atoms with Gasteiger partial charge in [-0.05, 0) is 6.92 Å². The lowest BCUT2D eigenvalue weighted by Gasteiger charge is -2.04. The SMILES string of the molecule is CCn1c(CCl)nnc1CS(C)(=O)=O. The second-order valence-electron chi connectivity index (χ2n) is 2.98. The molecule has 0 amide bonds. The molecule has 80 valence electrons. The van der Waals surface area contributed by atoms with Gasteiger partial charge in [0.2, 0.25) is 0 Å². The van der Waals surface area contributed by atoms with Crippen LogP contribution in [0.1, 0.15) is 18.6 Å². The van der Waals surface area contributed by atoms with Crippen molar-refractivity contribution in [3.8, 4) is 0 Å². The number of alkyl halides is 1. The fourth-order valence-corrected chi connectivity index (χ4v) is 2.06. The average molecular weight is 238 g/mol. The van der Waals surface area contributed by atoms with Crippen LogP contribution in [-0.2, 0) is 28.0 Å². The van der Waals surface area contributed by atoms with Gasteiger partial charge in [-0.15, -0.1) is 21.8 Å². The van der Waals surface area contributed by atoms with Crippen LogP contribution >= 0.6 is 11.6 Å². The van der Waals surface area contributed by atoms with Crippen LogP contribution in [0.4, 0.5) is 0 Å². The Bertz CT molecular complexity index is 413. The van der Waals surface area contributed by atoms with Crippen LogP contribution in [0, 0.1) is 0 Å². The lowest BCUT2D eigenvalue weighted by molar-refractivity contribution is 0.596. The van der Waals surface area contributed by atoms with Gasteiger partial charge < -0.3 is 4.57 Å². The Kier molecular flexibility index (Phi) is 3.49. The van der Waals surface area contributed by atoms with E-state index in [0.29, 0.717) is 18.2 Å². The van der Waals surface area contributed by atoms with E-state index in [4.69, 9.17) is 11.6 Å². The first kappa shape index (κ1) is 11.5. The molecule has 1 aromatic rings. The molecule has 1 rings (SSSR count). The van der Waals surface area contributed by atoms with Crippen LogP contribution in [0.2, 0.25) is 0 Å². The minimum absolute atomic E-state index is 0.0925. The van der Waals surface area contributed by atoms with Gasteiger partial charge in [-0.1, -0.05) is 0 Å². The van der Waals surface area contributed by atoms with E-state index in [1.165, 1.54) is 6.26 Å². The summed E-state index contributed by atoms with van der Waals surface area (Å²) in [5, 5.41) is 7.60. The van der Waals surface area contributed by atoms with Gasteiger partial charge in [0.15, 0.2) is 9.84 Å². The minimum Gasteiger partial charge on any atom is -0.313 e. The molecule has 0 unspecified atom stereocenters. The van der Waals surface area contributed by atoms with Crippen molar-refractivity contribution >= 4 is 21.4 Å². The zero-order chi connectivity index (χ0) is 10.8. The van der Waals surface area contributed by atoms with Crippen molar-refractivity contribution < 1.29 is 8.42 Å². The highest BCUT2D eigenvalue weighted by atomic mass is 35.5. The number of nitrogens with zero attached hydrogens (tertiary/aromatic N) is 3. The van der Waals surface area contributed by atoms with E-state index in [1.807, 2.05) is 6.92 Å². The number of hydrogen-bond donors (Lipinski definition) is 0. The molecule has 5 nitrogen and oxygen atoms in total. The van der Waals surface area contributed by atoms with Crippen LogP contribution in [-0.4, -0.2) is 29.4 Å². The van der Waals surface area contributed by atoms with E-state index < -0.39 is 9.84 Å². The fraction of sp³-hybridized carbons (Fsp3) is 0.714. The van der Waals surface area contributed by atoms with E-state index >= 15 is 0 Å². The van der Waals surface area contributed by atoms with Gasteiger partial charge in [-0.2, -0.15) is 0 Å². The summed E-state index contributed by atoms with van der Waals surface area (Å²) >= 11 is 5.62. The molecule has 0 bridgehead atoms. The highest BCUT2D eigenvalue weighted by Gasteiger charge is 2.14. The number of hydrogen-bond acceptors (Lipinski definition) is 4. The molecule has 0 N–H and O–H groups in total. The molecule has 0 spiro atoms. The van der Waals surface area contributed by atoms with Crippen LogP contribution in [0.25, 0.3) is 0 Å². The van der Waals surface area contributed by atoms with Gasteiger partial charge in [0, 0.05) is 12.8 Å². The molecule has 0 saturated carbocycles. The topological polar surface area (TPSA) is 64.8 Å². The Hall–Kier alpha value is -0.620. The summed E-state index contributed by atoms with van der Waals surface area (Å²) in [4.78, 5) is 0. The monoisotopic (exact) mass is 237 g/mol. The Morgan fingerprint density at radius 1 is 1.36 bits per heavy atom. The molecule has 7 heteroatoms. The maximum Gasteiger partial charge on any atom is 0.154 e. The molecular formula is C7H12ClN3O2S. The first-order valence-electron chi connectivity index (χ1n) is 4.12. The summed E-state index contributed by atoms with van der Waals surface area (Å²) in [6.45, 7) is 2.52. The van der Waals surface area contributed by atoms with Gasteiger partial charge in [0.05, 0.1) is 5.88 Å². The van der Waals surface area contributed by atoms with E-state index in [2.05, 4.69) is 10.2 Å². The Balaban J connectivity index is 3.04. The first-order chi connectivity index (χ1) is 6.48. The third-order valence-corrected chi connectivity index (χ3v) is 2.75. The number of aromatic nitrogens is 3. The predicted molar refractivity (Wildman–Crippen MR) is 53.8 cm³/mol. The second-order valence-corrected chi connectivity index (χ2v) is 5.39. The largest absolute Gasteiger partial charge is 0.313 e. The number of rotatable bonds is 4. The molecule has 1 aromatic heterocycles. The molecule has 0 aliphatic rings. The molecule has 14 heavy (non-hydrogen) atoms. The summed E-state index contributed by atoms with van der Waals surface area (Å²) < 4.78 is 23.8. The predicted octanol–water partition coefficient (Wildman–Crippen LogP) is 0.581. The maximum absolute atomic E-state index is 11.1. The van der Waals surface area contributed by atoms with Crippen molar-refractivity contribution in [2.24, 2.45) is 0 Å². The van der Waals surface area contributed by atoms with E-state index in [1.54, 1.807) is 4.57 Å². The quantitative estimate of drug-likeness (QED) is 0.719. The van der Waals surface area contributed by atoms with Crippen LogP contribution in [0.15, 0.2) is 0 Å². The molecule has 0 fully saturated rings. The van der Waals surface area contributed by atoms with E-state index in [9.17, 15) is 8.42 Å². The maximum atomic E-state index is 11.1. The fourth-order valence-electron chi connectivity index (χ4n) is 1.18. The molecule has 0 saturated heterocycles. The van der Waals surface area contributed by atoms with Crippen molar-refractivity contribution in [3.63, 3.8) is 0 Å². The van der Waals surface area contributed by atoms with Gasteiger partial charge in [-0.3, -0.25) is 0 Å². The lowest BCUT2D eigenvalue weighted by Crippen LogP contribution is -2.10. The zero-order valence-corrected chi connectivity index (χ0v) is 9.64. The Morgan fingerprint density at radius 2 is 1.93 bits per heavy atom. The normalized spacial score (nSPS) is 11.9. The molecule has 0 atom stereocenters. The standard InChI is InChI=1S/C7H12ClN3O2S/c1-3-11-6(4-8)9-10-7(11)5-14(2,12)13/h3-5H2,1-2H3. The Morgan fingerprint density at radius 3 is 2.36 bits per heavy atom. The van der Waals surface area contributed by atoms with Crippen LogP contribution in [0.3, 0.4) is 0 Å². The smallest absolute Gasteiger partial charge is 0.154 e. The average Bonchev–Trinajstić information content (AvgIpc) is 2.43. The molecule has 1 heterocycles. The second kappa shape index (κ2) is 4.27. The molecule has 0 aliphatic carbocycles. The van der Waals surface area contributed by atoms with Crippen LogP contribution < -0.4 is 0 Å². The molecule has 0 aromatic carbocycles. The highest BCUT2D eigenvalue weighted by molar-refractivity contribution is 7.89. The van der Waals surface area contributed by atoms with Gasteiger partial charge in [-0.25, -0.2) is 8.42 Å². The molecular weight excluding hydrogens is 226 g/mol. The molecule has 0 radical (unpaired) electrons. The zero-order valence-electron chi connectivity index (χ0n) is 8.07. The van der Waals surface area contributed by atoms with Crippen molar-refractivity contribution in [1.82, 2.24) is 14.8 Å². The third-order valence-electron chi connectivity index (χ3n) is 1.73. The summed E-state index contributed by atoms with van der Waals surface area (Å²) in [7, 11) is -3.07.